The lowest BCUT2D eigenvalue weighted by Gasteiger charge is -2.33. The number of phenolic OH excluding ortho intramolecular Hbond substituents is 1. The van der Waals surface area contributed by atoms with E-state index in [1.807, 2.05) is 0 Å². The second-order valence-corrected chi connectivity index (χ2v) is 11.9. The normalized spacial score (nSPS) is 23.7. The maximum absolute atomic E-state index is 15.1. The predicted molar refractivity (Wildman–Crippen MR) is 152 cm³/mol. The molecule has 3 aliphatic rings. The molecule has 7 rings (SSSR count). The van der Waals surface area contributed by atoms with E-state index in [0.717, 1.165) is 19.4 Å². The Balaban J connectivity index is 1.38. The first-order valence-corrected chi connectivity index (χ1v) is 14.5. The minimum absolute atomic E-state index is 0.000836. The third-order valence-electron chi connectivity index (χ3n) is 9.14. The number of aryl methyl sites for hydroxylation is 1. The van der Waals surface area contributed by atoms with E-state index in [4.69, 9.17) is 9.15 Å². The van der Waals surface area contributed by atoms with E-state index in [2.05, 4.69) is 14.9 Å². The first kappa shape index (κ1) is 27.9. The SMILES string of the molecule is Cc1c(-c2cc(O)cc3cccc(F)c23)oc(=O)c2c(N3CCC(F)(F)CC3)nc(OC[C@@]34CCCN3C[C@H](F)C4)nc12. The molecule has 43 heavy (non-hydrogen) atoms. The highest BCUT2D eigenvalue weighted by atomic mass is 19.3. The molecule has 2 aromatic carbocycles. The molecule has 1 N–H and O–H groups in total. The summed E-state index contributed by atoms with van der Waals surface area (Å²) in [6.07, 6.45) is 0.220. The van der Waals surface area contributed by atoms with Gasteiger partial charge in [-0.3, -0.25) is 4.90 Å². The van der Waals surface area contributed by atoms with Crippen LogP contribution < -0.4 is 15.3 Å². The number of hydrogen-bond donors (Lipinski definition) is 1. The molecule has 3 fully saturated rings. The molecular formula is C31H30F4N4O4. The molecule has 0 amide bonds. The van der Waals surface area contributed by atoms with Gasteiger partial charge < -0.3 is 19.2 Å². The van der Waals surface area contributed by atoms with Gasteiger partial charge in [-0.25, -0.2) is 22.4 Å². The number of hydrogen-bond acceptors (Lipinski definition) is 8. The minimum atomic E-state index is -2.83. The van der Waals surface area contributed by atoms with Crippen molar-refractivity contribution in [2.75, 3.05) is 37.7 Å². The van der Waals surface area contributed by atoms with Crippen molar-refractivity contribution in [1.82, 2.24) is 14.9 Å². The number of aromatic nitrogens is 2. The van der Waals surface area contributed by atoms with Gasteiger partial charge in [0.15, 0.2) is 5.82 Å². The number of ether oxygens (including phenoxy) is 1. The van der Waals surface area contributed by atoms with E-state index in [9.17, 15) is 23.1 Å². The number of anilines is 1. The summed E-state index contributed by atoms with van der Waals surface area (Å²) in [5.74, 6) is -3.44. The van der Waals surface area contributed by atoms with E-state index >= 15 is 4.39 Å². The number of benzene rings is 2. The van der Waals surface area contributed by atoms with Gasteiger partial charge in [0.25, 0.3) is 5.92 Å². The van der Waals surface area contributed by atoms with Crippen molar-refractivity contribution in [2.45, 2.75) is 56.7 Å². The van der Waals surface area contributed by atoms with Crippen LogP contribution in [-0.2, 0) is 0 Å². The number of phenols is 1. The van der Waals surface area contributed by atoms with Crippen molar-refractivity contribution in [3.63, 3.8) is 0 Å². The Labute approximate surface area is 243 Å². The van der Waals surface area contributed by atoms with Crippen molar-refractivity contribution in [3.8, 4) is 23.1 Å². The summed E-state index contributed by atoms with van der Waals surface area (Å²) in [6.45, 7) is 2.78. The number of alkyl halides is 3. The van der Waals surface area contributed by atoms with Crippen LogP contribution in [0.2, 0.25) is 0 Å². The monoisotopic (exact) mass is 598 g/mol. The van der Waals surface area contributed by atoms with Crippen LogP contribution >= 0.6 is 0 Å². The highest BCUT2D eigenvalue weighted by Crippen LogP contribution is 2.42. The van der Waals surface area contributed by atoms with Gasteiger partial charge in [0.2, 0.25) is 0 Å². The quantitative estimate of drug-likeness (QED) is 0.291. The number of fused-ring (bicyclic) bond motifs is 3. The van der Waals surface area contributed by atoms with E-state index in [1.165, 1.54) is 24.3 Å². The number of nitrogens with zero attached hydrogens (tertiary/aromatic N) is 4. The summed E-state index contributed by atoms with van der Waals surface area (Å²) < 4.78 is 69.5. The summed E-state index contributed by atoms with van der Waals surface area (Å²) in [5, 5.41) is 11.0. The largest absolute Gasteiger partial charge is 0.508 e. The standard InChI is InChI=1S/C31H30F4N4O4/c1-17-25-24(28(41)43-26(17)21-13-20(40)12-18-4-2-5-22(33)23(18)21)27(38-10-7-31(34,35)8-11-38)37-29(36-25)42-16-30-6-3-9-39(30)15-19(32)14-30/h2,4-5,12-13,19,40H,3,6-11,14-16H2,1H3/t19-,30+/m1/s1. The molecule has 0 spiro atoms. The fourth-order valence-corrected chi connectivity index (χ4v) is 7.01. The number of rotatable bonds is 5. The molecule has 2 aromatic heterocycles. The Morgan fingerprint density at radius 1 is 1.12 bits per heavy atom. The van der Waals surface area contributed by atoms with Crippen LogP contribution in [-0.4, -0.2) is 70.4 Å². The van der Waals surface area contributed by atoms with Crippen LogP contribution in [0.3, 0.4) is 0 Å². The molecule has 0 radical (unpaired) electrons. The summed E-state index contributed by atoms with van der Waals surface area (Å²) in [6, 6.07) is 7.06. The second kappa shape index (κ2) is 10.1. The van der Waals surface area contributed by atoms with E-state index < -0.39 is 41.9 Å². The average Bonchev–Trinajstić information content (AvgIpc) is 3.48. The minimum Gasteiger partial charge on any atom is -0.508 e. The van der Waals surface area contributed by atoms with Crippen molar-refractivity contribution in [3.05, 3.63) is 52.1 Å². The highest BCUT2D eigenvalue weighted by Gasteiger charge is 2.49. The summed E-state index contributed by atoms with van der Waals surface area (Å²) in [4.78, 5) is 26.4. The molecule has 3 saturated heterocycles. The van der Waals surface area contributed by atoms with Crippen LogP contribution in [0.25, 0.3) is 33.0 Å². The molecule has 226 valence electrons. The lowest BCUT2D eigenvalue weighted by molar-refractivity contribution is -0.0221. The zero-order valence-corrected chi connectivity index (χ0v) is 23.5. The smallest absolute Gasteiger partial charge is 0.349 e. The van der Waals surface area contributed by atoms with Gasteiger partial charge in [0.1, 0.15) is 35.5 Å². The summed E-state index contributed by atoms with van der Waals surface area (Å²) in [5.41, 5.74) is -0.652. The van der Waals surface area contributed by atoms with Gasteiger partial charge in [-0.2, -0.15) is 9.97 Å². The zero-order valence-electron chi connectivity index (χ0n) is 23.5. The maximum atomic E-state index is 15.1. The van der Waals surface area contributed by atoms with Crippen molar-refractivity contribution < 1.29 is 31.8 Å². The van der Waals surface area contributed by atoms with Gasteiger partial charge >= 0.3 is 11.6 Å². The van der Waals surface area contributed by atoms with E-state index in [-0.39, 0.29) is 64.9 Å². The molecule has 5 heterocycles. The summed E-state index contributed by atoms with van der Waals surface area (Å²) >= 11 is 0. The Kier molecular flexibility index (Phi) is 6.53. The van der Waals surface area contributed by atoms with Crippen LogP contribution in [0.1, 0.15) is 37.7 Å². The highest BCUT2D eigenvalue weighted by molar-refractivity contribution is 6.00. The van der Waals surface area contributed by atoms with Crippen molar-refractivity contribution in [1.29, 1.82) is 0 Å². The van der Waals surface area contributed by atoms with Gasteiger partial charge in [-0.05, 0) is 49.9 Å². The van der Waals surface area contributed by atoms with Gasteiger partial charge in [0, 0.05) is 55.4 Å². The fourth-order valence-electron chi connectivity index (χ4n) is 7.01. The zero-order chi connectivity index (χ0) is 30.1. The Bertz CT molecular complexity index is 1800. The molecular weight excluding hydrogens is 568 g/mol. The van der Waals surface area contributed by atoms with Gasteiger partial charge in [0.05, 0.1) is 11.1 Å². The topological polar surface area (TPSA) is 91.9 Å². The second-order valence-electron chi connectivity index (χ2n) is 11.9. The Morgan fingerprint density at radius 2 is 1.91 bits per heavy atom. The van der Waals surface area contributed by atoms with E-state index in [1.54, 1.807) is 17.9 Å². The average molecular weight is 599 g/mol. The third kappa shape index (κ3) is 4.75. The van der Waals surface area contributed by atoms with Gasteiger partial charge in [-0.15, -0.1) is 0 Å². The fraction of sp³-hybridized carbons (Fsp3) is 0.452. The Hall–Kier alpha value is -3.93. The first-order chi connectivity index (χ1) is 20.5. The van der Waals surface area contributed by atoms with Crippen LogP contribution in [0.4, 0.5) is 23.4 Å². The molecule has 8 nitrogen and oxygen atoms in total. The number of aromatic hydroxyl groups is 1. The number of piperidine rings is 1. The number of halogens is 4. The van der Waals surface area contributed by atoms with Gasteiger partial charge in [-0.1, -0.05) is 12.1 Å². The molecule has 0 saturated carbocycles. The molecule has 2 atom stereocenters. The lowest BCUT2D eigenvalue weighted by atomic mass is 9.95. The maximum Gasteiger partial charge on any atom is 0.349 e. The lowest BCUT2D eigenvalue weighted by Crippen LogP contribution is -2.43. The molecule has 12 heteroatoms. The Morgan fingerprint density at radius 3 is 2.70 bits per heavy atom. The third-order valence-corrected chi connectivity index (χ3v) is 9.14. The van der Waals surface area contributed by atoms with Crippen LogP contribution in [0.15, 0.2) is 39.5 Å². The van der Waals surface area contributed by atoms with Crippen LogP contribution in [0.5, 0.6) is 11.8 Å². The predicted octanol–water partition coefficient (Wildman–Crippen LogP) is 5.75. The molecule has 0 unspecified atom stereocenters. The molecule has 0 aliphatic carbocycles. The molecule has 0 bridgehead atoms. The summed E-state index contributed by atoms with van der Waals surface area (Å²) in [7, 11) is 0. The van der Waals surface area contributed by atoms with Crippen molar-refractivity contribution in [2.24, 2.45) is 0 Å². The first-order valence-electron chi connectivity index (χ1n) is 14.5. The van der Waals surface area contributed by atoms with E-state index in [0.29, 0.717) is 23.9 Å². The molecule has 4 aromatic rings. The molecule has 3 aliphatic heterocycles. The van der Waals surface area contributed by atoms with Crippen LogP contribution in [0, 0.1) is 12.7 Å². The van der Waals surface area contributed by atoms with Crippen molar-refractivity contribution >= 4 is 27.5 Å².